The molecule has 1 aromatic heterocycles. The first kappa shape index (κ1) is 21.6. The highest BCUT2D eigenvalue weighted by Crippen LogP contribution is 2.69. The van der Waals surface area contributed by atoms with Crippen LogP contribution in [-0.4, -0.2) is 46.8 Å². The van der Waals surface area contributed by atoms with E-state index in [0.29, 0.717) is 6.42 Å². The maximum Gasteiger partial charge on any atom is 0.151 e. The van der Waals surface area contributed by atoms with Crippen molar-refractivity contribution in [1.82, 2.24) is 9.88 Å². The minimum atomic E-state index is -0.881. The van der Waals surface area contributed by atoms with Gasteiger partial charge in [0.05, 0.1) is 23.8 Å². The van der Waals surface area contributed by atoms with Gasteiger partial charge in [0, 0.05) is 41.0 Å². The van der Waals surface area contributed by atoms with Crippen LogP contribution in [0.25, 0.3) is 22.0 Å². The predicted molar refractivity (Wildman–Crippen MR) is 147 cm³/mol. The topological polar surface area (TPSA) is 57.7 Å². The van der Waals surface area contributed by atoms with Gasteiger partial charge in [0.25, 0.3) is 0 Å². The first-order chi connectivity index (χ1) is 18.6. The molecule has 4 aromatic rings. The number of ether oxygens (including phenoxy) is 2. The van der Waals surface area contributed by atoms with E-state index in [4.69, 9.17) is 9.47 Å². The van der Waals surface area contributed by atoms with Crippen LogP contribution >= 0.6 is 0 Å². The molecule has 3 heterocycles. The monoisotopic (exact) mass is 504 g/mol. The molecule has 2 bridgehead atoms. The number of aromatic nitrogens is 1. The van der Waals surface area contributed by atoms with Crippen molar-refractivity contribution >= 4 is 10.9 Å². The number of aromatic amines is 1. The number of H-pyrrole nitrogens is 1. The van der Waals surface area contributed by atoms with E-state index < -0.39 is 11.0 Å². The van der Waals surface area contributed by atoms with E-state index in [1.807, 2.05) is 12.1 Å². The van der Waals surface area contributed by atoms with Crippen molar-refractivity contribution in [3.8, 4) is 22.6 Å². The minimum absolute atomic E-state index is 0.103. The molecule has 1 spiro atoms. The molecule has 3 aromatic carbocycles. The van der Waals surface area contributed by atoms with Crippen molar-refractivity contribution in [3.05, 3.63) is 83.0 Å². The Labute approximate surface area is 222 Å². The molecule has 38 heavy (non-hydrogen) atoms. The molecule has 4 atom stereocenters. The van der Waals surface area contributed by atoms with Crippen molar-refractivity contribution in [2.24, 2.45) is 5.92 Å². The lowest BCUT2D eigenvalue weighted by Crippen LogP contribution is -2.74. The third kappa shape index (κ3) is 2.55. The summed E-state index contributed by atoms with van der Waals surface area (Å²) in [7, 11) is 1.71. The van der Waals surface area contributed by atoms with E-state index in [0.717, 1.165) is 65.7 Å². The predicted octanol–water partition coefficient (Wildman–Crippen LogP) is 5.54. The highest BCUT2D eigenvalue weighted by Gasteiger charge is 2.72. The maximum absolute atomic E-state index is 13.1. The van der Waals surface area contributed by atoms with E-state index in [1.165, 1.54) is 34.9 Å². The van der Waals surface area contributed by atoms with Gasteiger partial charge < -0.3 is 19.6 Å². The summed E-state index contributed by atoms with van der Waals surface area (Å²) in [6.07, 6.45) is 4.88. The van der Waals surface area contributed by atoms with Gasteiger partial charge in [-0.25, -0.2) is 0 Å². The van der Waals surface area contributed by atoms with Gasteiger partial charge in [-0.05, 0) is 73.0 Å². The van der Waals surface area contributed by atoms with Crippen LogP contribution in [0.2, 0.25) is 0 Å². The summed E-state index contributed by atoms with van der Waals surface area (Å²) in [6.45, 7) is 2.13. The lowest BCUT2D eigenvalue weighted by molar-refractivity contribution is -0.173. The van der Waals surface area contributed by atoms with Crippen LogP contribution < -0.4 is 9.47 Å². The normalized spacial score (nSPS) is 30.6. The minimum Gasteiger partial charge on any atom is -0.497 e. The van der Waals surface area contributed by atoms with Crippen LogP contribution in [0.5, 0.6) is 11.5 Å². The standard InChI is InChI=1S/C33H32N2O3/c1-37-22-6-4-5-20(15-22)23-12-11-21-16-27-33(36)17-25-24-7-2-3-8-26(24)34-29(25)31-32(33,28(21)30(23)38-31)13-14-35(27)18-19-9-10-19/h2-8,11-12,15,19,27,31,34,36H,9-10,13-14,16-18H2,1H3/t27-,31-,32-,33+/m0/s1. The second kappa shape index (κ2) is 7.22. The van der Waals surface area contributed by atoms with E-state index in [2.05, 4.69) is 58.4 Å². The summed E-state index contributed by atoms with van der Waals surface area (Å²) in [4.78, 5) is 6.40. The molecule has 1 saturated heterocycles. The van der Waals surface area contributed by atoms with E-state index in [9.17, 15) is 5.11 Å². The van der Waals surface area contributed by atoms with Crippen LogP contribution in [0.1, 0.15) is 47.8 Å². The number of hydrogen-bond acceptors (Lipinski definition) is 4. The van der Waals surface area contributed by atoms with Gasteiger partial charge >= 0.3 is 0 Å². The van der Waals surface area contributed by atoms with Crippen molar-refractivity contribution in [2.75, 3.05) is 20.2 Å². The van der Waals surface area contributed by atoms with Gasteiger partial charge in [-0.3, -0.25) is 4.90 Å². The first-order valence-corrected chi connectivity index (χ1v) is 14.1. The van der Waals surface area contributed by atoms with E-state index in [-0.39, 0.29) is 12.1 Å². The summed E-state index contributed by atoms with van der Waals surface area (Å²) in [5, 5.41) is 14.3. The molecule has 2 aliphatic heterocycles. The average Bonchev–Trinajstić information content (AvgIpc) is 3.58. The maximum atomic E-state index is 13.1. The fraction of sp³-hybridized carbons (Fsp3) is 0.394. The number of fused-ring (bicyclic) bond motifs is 4. The Bertz CT molecular complexity index is 1640. The summed E-state index contributed by atoms with van der Waals surface area (Å²) in [6, 6.07) is 21.4. The Morgan fingerprint density at radius 2 is 2.00 bits per heavy atom. The molecule has 2 fully saturated rings. The molecule has 0 radical (unpaired) electrons. The summed E-state index contributed by atoms with van der Waals surface area (Å²) in [5.41, 5.74) is 6.98. The van der Waals surface area contributed by atoms with Gasteiger partial charge in [-0.2, -0.15) is 0 Å². The number of piperidine rings is 1. The van der Waals surface area contributed by atoms with E-state index in [1.54, 1.807) is 7.11 Å². The molecular weight excluding hydrogens is 472 g/mol. The molecule has 0 unspecified atom stereocenters. The second-order valence-corrected chi connectivity index (χ2v) is 12.2. The number of nitrogens with one attached hydrogen (secondary N) is 1. The number of benzene rings is 3. The van der Waals surface area contributed by atoms with Crippen LogP contribution in [0.4, 0.5) is 0 Å². The van der Waals surface area contributed by atoms with E-state index >= 15 is 0 Å². The lowest BCUT2D eigenvalue weighted by Gasteiger charge is -2.62. The molecule has 5 aliphatic rings. The van der Waals surface area contributed by atoms with Gasteiger partial charge in [0.15, 0.2) is 6.10 Å². The number of para-hydroxylation sites is 1. The molecule has 3 aliphatic carbocycles. The van der Waals surface area contributed by atoms with Crippen LogP contribution in [-0.2, 0) is 18.3 Å². The second-order valence-electron chi connectivity index (χ2n) is 12.2. The Kier molecular flexibility index (Phi) is 4.11. The van der Waals surface area contributed by atoms with Gasteiger partial charge in [0.1, 0.15) is 11.5 Å². The Hall–Kier alpha value is -3.28. The van der Waals surface area contributed by atoms with Gasteiger partial charge in [0.2, 0.25) is 0 Å². The Balaban J connectivity index is 1.31. The molecule has 9 rings (SSSR count). The largest absolute Gasteiger partial charge is 0.497 e. The van der Waals surface area contributed by atoms with Gasteiger partial charge in [-0.1, -0.05) is 42.5 Å². The van der Waals surface area contributed by atoms with Crippen molar-refractivity contribution in [2.45, 2.75) is 55.3 Å². The number of likely N-dealkylation sites (tertiary alicyclic amines) is 1. The summed E-state index contributed by atoms with van der Waals surface area (Å²) >= 11 is 0. The lowest BCUT2D eigenvalue weighted by atomic mass is 9.49. The number of rotatable bonds is 4. The van der Waals surface area contributed by atoms with Crippen molar-refractivity contribution in [1.29, 1.82) is 0 Å². The van der Waals surface area contributed by atoms with Crippen LogP contribution in [0.3, 0.4) is 0 Å². The number of nitrogens with zero attached hydrogens (tertiary/aromatic N) is 1. The molecule has 2 N–H and O–H groups in total. The highest BCUT2D eigenvalue weighted by molar-refractivity contribution is 5.87. The molecular formula is C33H32N2O3. The molecule has 192 valence electrons. The first-order valence-electron chi connectivity index (χ1n) is 14.1. The zero-order valence-electron chi connectivity index (χ0n) is 21.7. The fourth-order valence-corrected chi connectivity index (χ4v) is 8.61. The van der Waals surface area contributed by atoms with Gasteiger partial charge in [-0.15, -0.1) is 0 Å². The molecule has 5 heteroatoms. The third-order valence-electron chi connectivity index (χ3n) is 10.5. The molecule has 5 nitrogen and oxygen atoms in total. The van der Waals surface area contributed by atoms with Crippen molar-refractivity contribution < 1.29 is 14.6 Å². The molecule has 1 saturated carbocycles. The summed E-state index contributed by atoms with van der Waals surface area (Å²) < 4.78 is 12.7. The van der Waals surface area contributed by atoms with Crippen LogP contribution in [0, 0.1) is 5.92 Å². The summed E-state index contributed by atoms with van der Waals surface area (Å²) in [5.74, 6) is 2.59. The zero-order valence-corrected chi connectivity index (χ0v) is 21.7. The number of hydrogen-bond donors (Lipinski definition) is 2. The van der Waals surface area contributed by atoms with Crippen LogP contribution in [0.15, 0.2) is 60.7 Å². The smallest absolute Gasteiger partial charge is 0.151 e. The number of aliphatic hydroxyl groups is 1. The fourth-order valence-electron chi connectivity index (χ4n) is 8.61. The Morgan fingerprint density at radius 3 is 2.87 bits per heavy atom. The third-order valence-corrected chi connectivity index (χ3v) is 10.5. The SMILES string of the molecule is COc1cccc(-c2ccc3c4c2O[C@H]2c5[nH]c6ccccc6c5C[C@@]5(O)[C@H](C3)N(CC3CC3)CC[C@]425)c1. The van der Waals surface area contributed by atoms with Crippen molar-refractivity contribution in [3.63, 3.8) is 0 Å². The Morgan fingerprint density at radius 1 is 1.11 bits per heavy atom. The zero-order chi connectivity index (χ0) is 25.2. The molecule has 0 amide bonds. The number of methoxy groups -OCH3 is 1. The average molecular weight is 505 g/mol. The quantitative estimate of drug-likeness (QED) is 0.383. The highest BCUT2D eigenvalue weighted by atomic mass is 16.5.